The Hall–Kier alpha value is -1.02. The van der Waals surface area contributed by atoms with Crippen molar-refractivity contribution in [2.75, 3.05) is 0 Å². The van der Waals surface area contributed by atoms with Crippen molar-refractivity contribution in [3.63, 3.8) is 0 Å². The maximum atomic E-state index is 12.4. The highest BCUT2D eigenvalue weighted by Gasteiger charge is 2.24. The molecular formula is C16H20NOPS. The zero-order valence-corrected chi connectivity index (χ0v) is 13.7. The zero-order chi connectivity index (χ0) is 14.6. The van der Waals surface area contributed by atoms with Gasteiger partial charge >= 0.3 is 0 Å². The van der Waals surface area contributed by atoms with Crippen LogP contribution in [0.5, 0.6) is 0 Å². The summed E-state index contributed by atoms with van der Waals surface area (Å²) in [6.07, 6.45) is 0. The molecule has 0 aliphatic rings. The molecule has 0 radical (unpaired) electrons. The SMILES string of the molecule is CC(C)(C)S(=O)NP(c1ccccc1)c1ccccc1. The molecule has 0 heterocycles. The molecule has 0 amide bonds. The smallest absolute Gasteiger partial charge is 0.101 e. The van der Waals surface area contributed by atoms with E-state index in [1.165, 1.54) is 10.6 Å². The lowest BCUT2D eigenvalue weighted by atomic mass is 10.3. The molecule has 106 valence electrons. The van der Waals surface area contributed by atoms with Crippen LogP contribution in [-0.2, 0) is 11.0 Å². The van der Waals surface area contributed by atoms with E-state index in [0.29, 0.717) is 0 Å². The van der Waals surface area contributed by atoms with Crippen molar-refractivity contribution < 1.29 is 4.21 Å². The molecule has 1 unspecified atom stereocenters. The summed E-state index contributed by atoms with van der Waals surface area (Å²) in [5.41, 5.74) is 0. The molecule has 2 aromatic carbocycles. The summed E-state index contributed by atoms with van der Waals surface area (Å²) in [7, 11) is -1.89. The standard InChI is InChI=1S/C16H20NOPS/c1-16(2,3)20(18)17-19(14-10-6-4-7-11-14)15-12-8-5-9-13-15/h4-13,17H,1-3H3. The van der Waals surface area contributed by atoms with Crippen LogP contribution in [0.15, 0.2) is 60.7 Å². The fraction of sp³-hybridized carbons (Fsp3) is 0.250. The van der Waals surface area contributed by atoms with Gasteiger partial charge in [-0.25, -0.2) is 8.70 Å². The first-order valence-electron chi connectivity index (χ1n) is 6.57. The maximum Gasteiger partial charge on any atom is 0.101 e. The largest absolute Gasteiger partial charge is 0.242 e. The van der Waals surface area contributed by atoms with E-state index in [9.17, 15) is 4.21 Å². The third-order valence-electron chi connectivity index (χ3n) is 2.76. The first-order chi connectivity index (χ1) is 9.48. The van der Waals surface area contributed by atoms with E-state index in [-0.39, 0.29) is 4.75 Å². The molecule has 0 saturated carbocycles. The summed E-state index contributed by atoms with van der Waals surface area (Å²) >= 11 is 0. The van der Waals surface area contributed by atoms with Crippen molar-refractivity contribution in [3.05, 3.63) is 60.7 Å². The molecule has 20 heavy (non-hydrogen) atoms. The average Bonchev–Trinajstić information content (AvgIpc) is 2.45. The van der Waals surface area contributed by atoms with Gasteiger partial charge in [-0.3, -0.25) is 0 Å². The third kappa shape index (κ3) is 3.99. The highest BCUT2D eigenvalue weighted by atomic mass is 32.2. The van der Waals surface area contributed by atoms with Gasteiger partial charge < -0.3 is 0 Å². The van der Waals surface area contributed by atoms with Gasteiger partial charge in [0.05, 0.1) is 4.75 Å². The van der Waals surface area contributed by atoms with Gasteiger partial charge in [0.15, 0.2) is 0 Å². The number of hydrogen-bond acceptors (Lipinski definition) is 1. The minimum Gasteiger partial charge on any atom is -0.242 e. The molecule has 0 bridgehead atoms. The van der Waals surface area contributed by atoms with Crippen molar-refractivity contribution >= 4 is 29.7 Å². The fourth-order valence-corrected chi connectivity index (χ4v) is 5.47. The lowest BCUT2D eigenvalue weighted by Gasteiger charge is -2.24. The predicted molar refractivity (Wildman–Crippen MR) is 90.1 cm³/mol. The Morgan fingerprint density at radius 1 is 0.850 bits per heavy atom. The van der Waals surface area contributed by atoms with Gasteiger partial charge in [0.25, 0.3) is 0 Å². The second-order valence-electron chi connectivity index (χ2n) is 5.48. The van der Waals surface area contributed by atoms with Crippen LogP contribution in [0.4, 0.5) is 0 Å². The number of benzene rings is 2. The van der Waals surface area contributed by atoms with Gasteiger partial charge in [0, 0.05) is 8.07 Å². The van der Waals surface area contributed by atoms with Crippen molar-refractivity contribution in [1.82, 2.24) is 4.49 Å². The average molecular weight is 305 g/mol. The zero-order valence-electron chi connectivity index (χ0n) is 12.0. The Kier molecular flexibility index (Phi) is 5.09. The van der Waals surface area contributed by atoms with E-state index in [1.807, 2.05) is 57.2 Å². The molecule has 2 rings (SSSR count). The first kappa shape index (κ1) is 15.4. The van der Waals surface area contributed by atoms with Crippen molar-refractivity contribution in [3.8, 4) is 0 Å². The normalized spacial score (nSPS) is 13.4. The van der Waals surface area contributed by atoms with Crippen LogP contribution in [-0.4, -0.2) is 8.96 Å². The Morgan fingerprint density at radius 3 is 1.60 bits per heavy atom. The Morgan fingerprint density at radius 2 is 1.25 bits per heavy atom. The van der Waals surface area contributed by atoms with Crippen LogP contribution >= 0.6 is 8.07 Å². The summed E-state index contributed by atoms with van der Waals surface area (Å²) in [6.45, 7) is 5.96. The highest BCUT2D eigenvalue weighted by Crippen LogP contribution is 2.30. The highest BCUT2D eigenvalue weighted by molar-refractivity contribution is 7.93. The lowest BCUT2D eigenvalue weighted by Crippen LogP contribution is -2.34. The van der Waals surface area contributed by atoms with Crippen LogP contribution in [0.2, 0.25) is 0 Å². The minimum absolute atomic E-state index is 0.274. The van der Waals surface area contributed by atoms with Gasteiger partial charge in [-0.05, 0) is 31.4 Å². The second kappa shape index (κ2) is 6.62. The minimum atomic E-state index is -1.09. The molecular weight excluding hydrogens is 285 g/mol. The van der Waals surface area contributed by atoms with E-state index in [1.54, 1.807) is 0 Å². The molecule has 4 heteroatoms. The van der Waals surface area contributed by atoms with Gasteiger partial charge in [0.1, 0.15) is 11.0 Å². The van der Waals surface area contributed by atoms with Gasteiger partial charge in [-0.2, -0.15) is 0 Å². The van der Waals surface area contributed by atoms with Crippen LogP contribution in [0.1, 0.15) is 20.8 Å². The second-order valence-corrected chi connectivity index (χ2v) is 9.68. The molecule has 0 spiro atoms. The Labute approximate surface area is 125 Å². The van der Waals surface area contributed by atoms with Crippen LogP contribution < -0.4 is 15.1 Å². The molecule has 1 N–H and O–H groups in total. The summed E-state index contributed by atoms with van der Waals surface area (Å²) < 4.78 is 15.5. The number of nitrogens with one attached hydrogen (secondary N) is 1. The quantitative estimate of drug-likeness (QED) is 0.864. The fourth-order valence-electron chi connectivity index (χ4n) is 1.63. The van der Waals surface area contributed by atoms with Gasteiger partial charge in [0.2, 0.25) is 0 Å². The maximum absolute atomic E-state index is 12.4. The predicted octanol–water partition coefficient (Wildman–Crippen LogP) is 3.09. The topological polar surface area (TPSA) is 29.1 Å². The van der Waals surface area contributed by atoms with E-state index >= 15 is 0 Å². The van der Waals surface area contributed by atoms with Crippen LogP contribution in [0, 0.1) is 0 Å². The molecule has 0 aliphatic carbocycles. The summed E-state index contributed by atoms with van der Waals surface area (Å²) in [4.78, 5) is 0. The van der Waals surface area contributed by atoms with Crippen LogP contribution in [0.25, 0.3) is 0 Å². The Bertz CT molecular complexity index is 527. The number of hydrogen-bond donors (Lipinski definition) is 1. The van der Waals surface area contributed by atoms with Crippen molar-refractivity contribution in [1.29, 1.82) is 0 Å². The van der Waals surface area contributed by atoms with Gasteiger partial charge in [-0.15, -0.1) is 0 Å². The van der Waals surface area contributed by atoms with E-state index in [0.717, 1.165) is 0 Å². The van der Waals surface area contributed by atoms with Crippen molar-refractivity contribution in [2.24, 2.45) is 0 Å². The Balaban J connectivity index is 2.34. The lowest BCUT2D eigenvalue weighted by molar-refractivity contribution is 0.647. The third-order valence-corrected chi connectivity index (χ3v) is 6.89. The van der Waals surface area contributed by atoms with Gasteiger partial charge in [-0.1, -0.05) is 60.7 Å². The molecule has 0 saturated heterocycles. The molecule has 0 aliphatic heterocycles. The molecule has 0 fully saturated rings. The summed E-state index contributed by atoms with van der Waals surface area (Å²) in [5, 5.41) is 2.37. The van der Waals surface area contributed by atoms with E-state index in [2.05, 4.69) is 28.8 Å². The number of rotatable bonds is 4. The monoisotopic (exact) mass is 305 g/mol. The molecule has 0 aromatic heterocycles. The first-order valence-corrected chi connectivity index (χ1v) is 9.06. The van der Waals surface area contributed by atoms with E-state index in [4.69, 9.17) is 0 Å². The molecule has 1 atom stereocenters. The van der Waals surface area contributed by atoms with Crippen molar-refractivity contribution in [2.45, 2.75) is 25.5 Å². The summed E-state index contributed by atoms with van der Waals surface area (Å²) in [5.74, 6) is 0. The molecule has 2 nitrogen and oxygen atoms in total. The van der Waals surface area contributed by atoms with E-state index < -0.39 is 19.1 Å². The molecule has 2 aromatic rings. The summed E-state index contributed by atoms with van der Waals surface area (Å²) in [6, 6.07) is 20.5. The van der Waals surface area contributed by atoms with Crippen LogP contribution in [0.3, 0.4) is 0 Å².